The molecule has 0 aliphatic carbocycles. The van der Waals surface area contributed by atoms with E-state index in [-0.39, 0.29) is 6.10 Å². The molecule has 150 valence electrons. The average molecular weight is 411 g/mol. The third-order valence-electron chi connectivity index (χ3n) is 4.91. The van der Waals surface area contributed by atoms with Crippen molar-refractivity contribution in [1.29, 1.82) is 0 Å². The minimum Gasteiger partial charge on any atom is -0.473 e. The summed E-state index contributed by atoms with van der Waals surface area (Å²) in [6.45, 7) is 3.39. The Morgan fingerprint density at radius 3 is 2.79 bits per heavy atom. The van der Waals surface area contributed by atoms with Gasteiger partial charge in [-0.1, -0.05) is 0 Å². The number of aromatic nitrogens is 5. The molecule has 4 aromatic rings. The van der Waals surface area contributed by atoms with Gasteiger partial charge < -0.3 is 23.9 Å². The number of nitrogens with zero attached hydrogens (tertiary/aromatic N) is 5. The van der Waals surface area contributed by atoms with Crippen LogP contribution in [0.25, 0.3) is 16.7 Å². The molecule has 0 radical (unpaired) electrons. The van der Waals surface area contributed by atoms with E-state index in [4.69, 9.17) is 19.4 Å². The lowest BCUT2D eigenvalue weighted by molar-refractivity contribution is 0.0243. The minimum atomic E-state index is 0.0828. The SMILES string of the molecule is Cc1cc(Nc2nc(OC3CCOCC3)c3c(ccn3-c3ccn(C)c3)n2)sn1. The minimum absolute atomic E-state index is 0.0828. The molecule has 0 saturated carbocycles. The van der Waals surface area contributed by atoms with Crippen molar-refractivity contribution < 1.29 is 9.47 Å². The zero-order valence-electron chi connectivity index (χ0n) is 16.3. The predicted molar refractivity (Wildman–Crippen MR) is 112 cm³/mol. The van der Waals surface area contributed by atoms with Crippen LogP contribution in [0.15, 0.2) is 36.8 Å². The van der Waals surface area contributed by atoms with Crippen molar-refractivity contribution in [2.45, 2.75) is 25.9 Å². The molecule has 29 heavy (non-hydrogen) atoms. The molecule has 1 aliphatic heterocycles. The number of rotatable bonds is 5. The third-order valence-corrected chi connectivity index (χ3v) is 5.70. The van der Waals surface area contributed by atoms with Crippen LogP contribution in [0.4, 0.5) is 10.9 Å². The van der Waals surface area contributed by atoms with Gasteiger partial charge in [0.05, 0.1) is 30.1 Å². The van der Waals surface area contributed by atoms with Crippen molar-refractivity contribution in [2.75, 3.05) is 18.5 Å². The highest BCUT2D eigenvalue weighted by Gasteiger charge is 2.21. The molecular weight excluding hydrogens is 388 g/mol. The summed E-state index contributed by atoms with van der Waals surface area (Å²) in [6.07, 6.45) is 7.88. The van der Waals surface area contributed by atoms with E-state index in [0.29, 0.717) is 25.0 Å². The summed E-state index contributed by atoms with van der Waals surface area (Å²) in [5.41, 5.74) is 3.71. The highest BCUT2D eigenvalue weighted by Crippen LogP contribution is 2.31. The van der Waals surface area contributed by atoms with Crippen LogP contribution >= 0.6 is 11.5 Å². The number of fused-ring (bicyclic) bond motifs is 1. The van der Waals surface area contributed by atoms with Gasteiger partial charge in [-0.2, -0.15) is 9.36 Å². The Labute approximate surface area is 172 Å². The molecular formula is C20H22N6O2S. The Kier molecular flexibility index (Phi) is 4.69. The smallest absolute Gasteiger partial charge is 0.244 e. The number of hydrogen-bond donors (Lipinski definition) is 1. The number of anilines is 2. The zero-order chi connectivity index (χ0) is 19.8. The molecule has 5 rings (SSSR count). The molecule has 4 aromatic heterocycles. The highest BCUT2D eigenvalue weighted by molar-refractivity contribution is 7.10. The quantitative estimate of drug-likeness (QED) is 0.539. The van der Waals surface area contributed by atoms with Crippen molar-refractivity contribution in [3.8, 4) is 11.6 Å². The molecule has 0 atom stereocenters. The molecule has 9 heteroatoms. The Bertz CT molecular complexity index is 1140. The van der Waals surface area contributed by atoms with Gasteiger partial charge in [-0.25, -0.2) is 4.98 Å². The summed E-state index contributed by atoms with van der Waals surface area (Å²) in [7, 11) is 2.00. The summed E-state index contributed by atoms with van der Waals surface area (Å²) in [4.78, 5) is 9.44. The van der Waals surface area contributed by atoms with Crippen molar-refractivity contribution in [1.82, 2.24) is 23.5 Å². The summed E-state index contributed by atoms with van der Waals surface area (Å²) in [5.74, 6) is 1.09. The van der Waals surface area contributed by atoms with Gasteiger partial charge >= 0.3 is 0 Å². The van der Waals surface area contributed by atoms with Gasteiger partial charge in [0.1, 0.15) is 16.6 Å². The van der Waals surface area contributed by atoms with Gasteiger partial charge in [0, 0.05) is 38.5 Å². The first kappa shape index (κ1) is 18.1. The summed E-state index contributed by atoms with van der Waals surface area (Å²) in [5, 5.41) is 4.17. The molecule has 1 fully saturated rings. The van der Waals surface area contributed by atoms with Gasteiger partial charge in [-0.05, 0) is 36.7 Å². The second-order valence-corrected chi connectivity index (χ2v) is 8.00. The molecule has 1 saturated heterocycles. The molecule has 1 N–H and O–H groups in total. The second kappa shape index (κ2) is 7.49. The van der Waals surface area contributed by atoms with Crippen LogP contribution in [-0.4, -0.2) is 42.8 Å². The van der Waals surface area contributed by atoms with E-state index in [2.05, 4.69) is 26.5 Å². The van der Waals surface area contributed by atoms with Crippen LogP contribution in [0.2, 0.25) is 0 Å². The molecule has 0 aromatic carbocycles. The van der Waals surface area contributed by atoms with E-state index in [0.717, 1.165) is 40.3 Å². The Morgan fingerprint density at radius 1 is 1.21 bits per heavy atom. The van der Waals surface area contributed by atoms with Crippen LogP contribution in [0.3, 0.4) is 0 Å². The Balaban J connectivity index is 1.58. The number of ether oxygens (including phenoxy) is 2. The van der Waals surface area contributed by atoms with Crippen LogP contribution in [0.5, 0.6) is 5.88 Å². The first-order valence-corrected chi connectivity index (χ1v) is 10.4. The van der Waals surface area contributed by atoms with E-state index < -0.39 is 0 Å². The lowest BCUT2D eigenvalue weighted by Gasteiger charge is -2.23. The lowest BCUT2D eigenvalue weighted by atomic mass is 10.1. The fourth-order valence-corrected chi connectivity index (χ4v) is 4.14. The molecule has 5 heterocycles. The number of nitrogens with one attached hydrogen (secondary N) is 1. The highest BCUT2D eigenvalue weighted by atomic mass is 32.1. The fourth-order valence-electron chi connectivity index (χ4n) is 3.48. The largest absolute Gasteiger partial charge is 0.473 e. The van der Waals surface area contributed by atoms with Crippen LogP contribution in [0.1, 0.15) is 18.5 Å². The summed E-state index contributed by atoms with van der Waals surface area (Å²) < 4.78 is 20.2. The molecule has 1 aliphatic rings. The molecule has 0 amide bonds. The first-order chi connectivity index (χ1) is 14.2. The van der Waals surface area contributed by atoms with Crippen molar-refractivity contribution in [2.24, 2.45) is 7.05 Å². The molecule has 0 unspecified atom stereocenters. The maximum Gasteiger partial charge on any atom is 0.244 e. The zero-order valence-corrected chi connectivity index (χ0v) is 17.1. The average Bonchev–Trinajstić information content (AvgIpc) is 3.43. The molecule has 0 bridgehead atoms. The van der Waals surface area contributed by atoms with Gasteiger partial charge in [-0.15, -0.1) is 0 Å². The maximum absolute atomic E-state index is 6.37. The van der Waals surface area contributed by atoms with E-state index >= 15 is 0 Å². The van der Waals surface area contributed by atoms with E-state index in [1.807, 2.05) is 43.1 Å². The number of aryl methyl sites for hydroxylation is 2. The lowest BCUT2D eigenvalue weighted by Crippen LogP contribution is -2.26. The van der Waals surface area contributed by atoms with Crippen molar-refractivity contribution in [3.63, 3.8) is 0 Å². The van der Waals surface area contributed by atoms with Gasteiger partial charge in [0.2, 0.25) is 11.8 Å². The van der Waals surface area contributed by atoms with Gasteiger partial charge in [0.15, 0.2) is 0 Å². The summed E-state index contributed by atoms with van der Waals surface area (Å²) >= 11 is 1.39. The normalized spacial score (nSPS) is 15.1. The van der Waals surface area contributed by atoms with Crippen LogP contribution < -0.4 is 10.1 Å². The summed E-state index contributed by atoms with van der Waals surface area (Å²) in [6, 6.07) is 6.03. The molecule has 8 nitrogen and oxygen atoms in total. The first-order valence-electron chi connectivity index (χ1n) is 9.62. The standard InChI is InChI=1S/C20H22N6O2S/c1-13-11-17(29-24-13)22-20-21-16-4-8-26(14-3-7-25(2)12-14)18(16)19(23-20)28-15-5-9-27-10-6-15/h3-4,7-8,11-12,15H,5-6,9-10H2,1-2H3,(H,21,22,23). The van der Waals surface area contributed by atoms with E-state index in [9.17, 15) is 0 Å². The van der Waals surface area contributed by atoms with E-state index in [1.54, 1.807) is 0 Å². The number of hydrogen-bond acceptors (Lipinski definition) is 7. The second-order valence-electron chi connectivity index (χ2n) is 7.19. The topological polar surface area (TPSA) is 79.0 Å². The van der Waals surface area contributed by atoms with Gasteiger partial charge in [-0.3, -0.25) is 0 Å². The fraction of sp³-hybridized carbons (Fsp3) is 0.350. The molecule has 0 spiro atoms. The van der Waals surface area contributed by atoms with Gasteiger partial charge in [0.25, 0.3) is 0 Å². The van der Waals surface area contributed by atoms with Crippen molar-refractivity contribution >= 4 is 33.5 Å². The third kappa shape index (κ3) is 3.70. The van der Waals surface area contributed by atoms with Crippen LogP contribution in [-0.2, 0) is 11.8 Å². The van der Waals surface area contributed by atoms with E-state index in [1.165, 1.54) is 11.5 Å². The monoisotopic (exact) mass is 410 g/mol. The maximum atomic E-state index is 6.37. The predicted octanol–water partition coefficient (Wildman–Crippen LogP) is 3.83. The Hall–Kier alpha value is -2.91. The van der Waals surface area contributed by atoms with Crippen LogP contribution in [0, 0.1) is 6.92 Å². The van der Waals surface area contributed by atoms with Crippen molar-refractivity contribution in [3.05, 3.63) is 42.5 Å². The Morgan fingerprint density at radius 2 is 2.07 bits per heavy atom.